The Morgan fingerprint density at radius 2 is 1.96 bits per heavy atom. The van der Waals surface area contributed by atoms with Gasteiger partial charge >= 0.3 is 5.97 Å². The second-order valence-corrected chi connectivity index (χ2v) is 8.19. The molecular weight excluding hydrogens is 350 g/mol. The fourth-order valence-electron chi connectivity index (χ4n) is 3.72. The number of allylic oxidation sites excluding steroid dienone is 2. The number of benzene rings is 1. The molecule has 2 aliphatic rings. The predicted molar refractivity (Wildman–Crippen MR) is 93.2 cm³/mol. The van der Waals surface area contributed by atoms with Gasteiger partial charge in [0.05, 0.1) is 11.8 Å². The summed E-state index contributed by atoms with van der Waals surface area (Å²) in [6.07, 6.45) is 6.16. The molecule has 5 atom stereocenters. The Labute approximate surface area is 147 Å². The Balaban J connectivity index is 1.79. The van der Waals surface area contributed by atoms with Gasteiger partial charge in [0.25, 0.3) is 0 Å². The van der Waals surface area contributed by atoms with E-state index in [9.17, 15) is 18.9 Å². The number of aliphatic carboxylic acids is 1. The third-order valence-electron chi connectivity index (χ3n) is 4.72. The molecule has 1 amide bonds. The number of halogens is 1. The zero-order valence-electron chi connectivity index (χ0n) is 13.1. The lowest BCUT2D eigenvalue weighted by Gasteiger charge is -2.24. The molecule has 24 heavy (non-hydrogen) atoms. The minimum Gasteiger partial charge on any atom is -0.481 e. The molecule has 5 nitrogen and oxygen atoms in total. The van der Waals surface area contributed by atoms with Gasteiger partial charge in [0.1, 0.15) is 0 Å². The smallest absolute Gasteiger partial charge is 0.307 e. The van der Waals surface area contributed by atoms with E-state index in [0.717, 1.165) is 6.42 Å². The second kappa shape index (κ2) is 6.69. The molecule has 0 radical (unpaired) electrons. The Bertz CT molecular complexity index is 748. The van der Waals surface area contributed by atoms with E-state index < -0.39 is 28.6 Å². The molecular formula is C17H18ClNO4S. The monoisotopic (exact) mass is 367 g/mol. The van der Waals surface area contributed by atoms with Gasteiger partial charge in [-0.2, -0.15) is 0 Å². The highest BCUT2D eigenvalue weighted by Crippen LogP contribution is 2.48. The van der Waals surface area contributed by atoms with Crippen molar-refractivity contribution in [3.63, 3.8) is 0 Å². The number of hydrogen-bond donors (Lipinski definition) is 2. The molecule has 3 rings (SSSR count). The number of rotatable bonds is 5. The van der Waals surface area contributed by atoms with Crippen LogP contribution in [0.4, 0.5) is 5.69 Å². The topological polar surface area (TPSA) is 83.5 Å². The molecule has 2 N–H and O–H groups in total. The normalized spacial score (nSPS) is 28.8. The van der Waals surface area contributed by atoms with Gasteiger partial charge < -0.3 is 10.4 Å². The summed E-state index contributed by atoms with van der Waals surface area (Å²) >= 11 is 6.09. The van der Waals surface area contributed by atoms with Crippen molar-refractivity contribution in [2.24, 2.45) is 23.7 Å². The first kappa shape index (κ1) is 17.2. The minimum atomic E-state index is -1.05. The highest BCUT2D eigenvalue weighted by atomic mass is 35.5. The molecule has 0 heterocycles. The number of fused-ring (bicyclic) bond motifs is 2. The molecule has 1 aromatic carbocycles. The van der Waals surface area contributed by atoms with E-state index in [0.29, 0.717) is 22.0 Å². The molecule has 128 valence electrons. The van der Waals surface area contributed by atoms with Gasteiger partial charge in [0, 0.05) is 33.5 Å². The quantitative estimate of drug-likeness (QED) is 0.784. The van der Waals surface area contributed by atoms with Crippen LogP contribution in [0.1, 0.15) is 12.0 Å². The Hall–Kier alpha value is -1.66. The average molecular weight is 368 g/mol. The molecule has 0 aliphatic heterocycles. The van der Waals surface area contributed by atoms with Crippen molar-refractivity contribution in [3.8, 4) is 0 Å². The molecule has 1 fully saturated rings. The minimum absolute atomic E-state index is 0.0222. The van der Waals surface area contributed by atoms with Crippen LogP contribution in [0.2, 0.25) is 5.02 Å². The standard InChI is InChI=1S/C17H18ClNO4S/c1-24(23)8-11-7-12(4-5-13(11)18)19-16(20)14-9-2-3-10(6-9)15(14)17(21)22/h2-5,7,9-10,14-15H,6,8H2,1H3,(H,19,20)(H,21,22). The van der Waals surface area contributed by atoms with Gasteiger partial charge in [-0.15, -0.1) is 0 Å². The van der Waals surface area contributed by atoms with Crippen LogP contribution in [0, 0.1) is 23.7 Å². The van der Waals surface area contributed by atoms with Crippen LogP contribution in [0.25, 0.3) is 0 Å². The number of carbonyl (C=O) groups is 2. The van der Waals surface area contributed by atoms with Crippen LogP contribution in [-0.2, 0) is 26.1 Å². The summed E-state index contributed by atoms with van der Waals surface area (Å²) in [7, 11) is -1.05. The number of anilines is 1. The highest BCUT2D eigenvalue weighted by Gasteiger charge is 2.51. The molecule has 7 heteroatoms. The molecule has 5 unspecified atom stereocenters. The lowest BCUT2D eigenvalue weighted by Crippen LogP contribution is -2.36. The molecule has 2 aliphatic carbocycles. The van der Waals surface area contributed by atoms with Gasteiger partial charge in [-0.1, -0.05) is 23.8 Å². The fraction of sp³-hybridized carbons (Fsp3) is 0.412. The molecule has 0 spiro atoms. The fourth-order valence-corrected chi connectivity index (χ4v) is 4.66. The highest BCUT2D eigenvalue weighted by molar-refractivity contribution is 7.83. The summed E-state index contributed by atoms with van der Waals surface area (Å²) < 4.78 is 11.4. The molecule has 1 saturated carbocycles. The van der Waals surface area contributed by atoms with Gasteiger partial charge in [0.2, 0.25) is 5.91 Å². The zero-order valence-corrected chi connectivity index (χ0v) is 14.6. The lowest BCUT2D eigenvalue weighted by atomic mass is 9.82. The van der Waals surface area contributed by atoms with Crippen molar-refractivity contribution < 1.29 is 18.9 Å². The summed E-state index contributed by atoms with van der Waals surface area (Å²) in [5, 5.41) is 12.7. The van der Waals surface area contributed by atoms with E-state index in [2.05, 4.69) is 5.32 Å². The van der Waals surface area contributed by atoms with E-state index >= 15 is 0 Å². The van der Waals surface area contributed by atoms with Gasteiger partial charge in [-0.3, -0.25) is 13.8 Å². The first-order chi connectivity index (χ1) is 11.4. The second-order valence-electron chi connectivity index (χ2n) is 6.35. The maximum atomic E-state index is 12.6. The third-order valence-corrected chi connectivity index (χ3v) is 5.81. The zero-order chi connectivity index (χ0) is 17.4. The van der Waals surface area contributed by atoms with Crippen LogP contribution in [-0.4, -0.2) is 27.4 Å². The van der Waals surface area contributed by atoms with E-state index in [1.54, 1.807) is 24.5 Å². The van der Waals surface area contributed by atoms with E-state index in [1.165, 1.54) is 0 Å². The molecule has 2 bridgehead atoms. The van der Waals surface area contributed by atoms with Gasteiger partial charge in [-0.25, -0.2) is 0 Å². The summed E-state index contributed by atoms with van der Waals surface area (Å²) in [4.78, 5) is 24.2. The van der Waals surface area contributed by atoms with Crippen molar-refractivity contribution in [2.45, 2.75) is 12.2 Å². The van der Waals surface area contributed by atoms with E-state index in [4.69, 9.17) is 11.6 Å². The largest absolute Gasteiger partial charge is 0.481 e. The Morgan fingerprint density at radius 3 is 2.58 bits per heavy atom. The van der Waals surface area contributed by atoms with Crippen LogP contribution in [0.15, 0.2) is 30.4 Å². The first-order valence-electron chi connectivity index (χ1n) is 7.67. The number of nitrogens with one attached hydrogen (secondary N) is 1. The van der Waals surface area contributed by atoms with Crippen molar-refractivity contribution in [1.29, 1.82) is 0 Å². The summed E-state index contributed by atoms with van der Waals surface area (Å²) in [5.74, 6) is -2.23. The maximum Gasteiger partial charge on any atom is 0.307 e. The Kier molecular flexibility index (Phi) is 4.78. The third kappa shape index (κ3) is 3.26. The van der Waals surface area contributed by atoms with Gasteiger partial charge in [0.15, 0.2) is 0 Å². The molecule has 1 aromatic rings. The van der Waals surface area contributed by atoms with Crippen LogP contribution >= 0.6 is 11.6 Å². The van der Waals surface area contributed by atoms with Crippen LogP contribution in [0.5, 0.6) is 0 Å². The average Bonchev–Trinajstić information content (AvgIpc) is 3.10. The number of hydrogen-bond acceptors (Lipinski definition) is 3. The number of carboxylic acids is 1. The molecule has 0 saturated heterocycles. The Morgan fingerprint density at radius 1 is 1.29 bits per heavy atom. The number of carbonyl (C=O) groups excluding carboxylic acids is 1. The SMILES string of the molecule is CS(=O)Cc1cc(NC(=O)C2C3C=CC(C3)C2C(=O)O)ccc1Cl. The lowest BCUT2D eigenvalue weighted by molar-refractivity contribution is -0.146. The summed E-state index contributed by atoms with van der Waals surface area (Å²) in [6, 6.07) is 5.01. The molecule has 0 aromatic heterocycles. The maximum absolute atomic E-state index is 12.6. The van der Waals surface area contributed by atoms with Crippen molar-refractivity contribution in [2.75, 3.05) is 11.6 Å². The van der Waals surface area contributed by atoms with Gasteiger partial charge in [-0.05, 0) is 42.0 Å². The van der Waals surface area contributed by atoms with Crippen molar-refractivity contribution >= 4 is 40.0 Å². The number of carboxylic acid groups (broad SMARTS) is 1. The van der Waals surface area contributed by atoms with Crippen LogP contribution in [0.3, 0.4) is 0 Å². The van der Waals surface area contributed by atoms with Crippen molar-refractivity contribution in [3.05, 3.63) is 40.9 Å². The first-order valence-corrected chi connectivity index (χ1v) is 9.78. The number of amides is 1. The van der Waals surface area contributed by atoms with E-state index in [-0.39, 0.29) is 17.7 Å². The summed E-state index contributed by atoms with van der Waals surface area (Å²) in [5.41, 5.74) is 1.23. The van der Waals surface area contributed by atoms with Crippen molar-refractivity contribution in [1.82, 2.24) is 0 Å². The summed E-state index contributed by atoms with van der Waals surface area (Å²) in [6.45, 7) is 0. The predicted octanol–water partition coefficient (Wildman–Crippen LogP) is 2.68. The van der Waals surface area contributed by atoms with E-state index in [1.807, 2.05) is 12.2 Å². The van der Waals surface area contributed by atoms with Crippen LogP contribution < -0.4 is 5.32 Å².